The van der Waals surface area contributed by atoms with E-state index in [2.05, 4.69) is 25.7 Å². The van der Waals surface area contributed by atoms with Crippen LogP contribution in [0.3, 0.4) is 0 Å². The average molecular weight is 218 g/mol. The van der Waals surface area contributed by atoms with Crippen LogP contribution in [0, 0.1) is 6.92 Å². The predicted molar refractivity (Wildman–Crippen MR) is 60.0 cm³/mol. The molecule has 0 aliphatic rings. The highest BCUT2D eigenvalue weighted by atomic mass is 15.2. The van der Waals surface area contributed by atoms with Crippen molar-refractivity contribution in [2.45, 2.75) is 13.3 Å². The van der Waals surface area contributed by atoms with Gasteiger partial charge < -0.3 is 9.88 Å². The van der Waals surface area contributed by atoms with Gasteiger partial charge in [0.2, 0.25) is 0 Å². The highest BCUT2D eigenvalue weighted by Gasteiger charge is 2.00. The Kier molecular flexibility index (Phi) is 3.09. The maximum atomic E-state index is 4.02. The molecule has 6 heteroatoms. The van der Waals surface area contributed by atoms with Gasteiger partial charge in [-0.2, -0.15) is 5.10 Å². The van der Waals surface area contributed by atoms with Crippen LogP contribution in [0.1, 0.15) is 11.5 Å². The van der Waals surface area contributed by atoms with Gasteiger partial charge in [-0.25, -0.2) is 0 Å². The van der Waals surface area contributed by atoms with Crippen molar-refractivity contribution >= 4 is 5.82 Å². The van der Waals surface area contributed by atoms with Gasteiger partial charge in [-0.1, -0.05) is 0 Å². The molecule has 0 aliphatic carbocycles. The van der Waals surface area contributed by atoms with Gasteiger partial charge in [-0.05, 0) is 19.1 Å². The first-order valence-electron chi connectivity index (χ1n) is 5.13. The molecule has 0 aliphatic heterocycles. The summed E-state index contributed by atoms with van der Waals surface area (Å²) in [4.78, 5) is 0. The summed E-state index contributed by atoms with van der Waals surface area (Å²) in [5, 5.41) is 19.0. The molecule has 0 saturated heterocycles. The zero-order valence-electron chi connectivity index (χ0n) is 9.38. The highest BCUT2D eigenvalue weighted by molar-refractivity contribution is 5.32. The van der Waals surface area contributed by atoms with Crippen molar-refractivity contribution in [1.29, 1.82) is 0 Å². The van der Waals surface area contributed by atoms with E-state index in [0.29, 0.717) is 0 Å². The number of hydrogen-bond donors (Lipinski definition) is 1. The third-order valence-corrected chi connectivity index (χ3v) is 2.26. The van der Waals surface area contributed by atoms with E-state index in [9.17, 15) is 0 Å². The van der Waals surface area contributed by atoms with Crippen molar-refractivity contribution in [3.05, 3.63) is 30.0 Å². The van der Waals surface area contributed by atoms with E-state index >= 15 is 0 Å². The standard InChI is InChI=1S/C10H14N6/c1-8-3-4-9(14-13-8)11-6-5-10-15-12-7-16(10)2/h3-4,7H,5-6H2,1-2H3,(H,11,14). The van der Waals surface area contributed by atoms with E-state index in [1.54, 1.807) is 6.33 Å². The number of nitrogens with one attached hydrogen (secondary N) is 1. The summed E-state index contributed by atoms with van der Waals surface area (Å²) >= 11 is 0. The van der Waals surface area contributed by atoms with Gasteiger partial charge in [0.1, 0.15) is 18.0 Å². The van der Waals surface area contributed by atoms with Gasteiger partial charge in [0.05, 0.1) is 5.69 Å². The number of anilines is 1. The molecule has 0 bridgehead atoms. The lowest BCUT2D eigenvalue weighted by Crippen LogP contribution is -2.10. The van der Waals surface area contributed by atoms with Gasteiger partial charge in [-0.15, -0.1) is 15.3 Å². The van der Waals surface area contributed by atoms with Crippen molar-refractivity contribution < 1.29 is 0 Å². The second-order valence-corrected chi connectivity index (χ2v) is 3.59. The molecule has 2 aromatic heterocycles. The van der Waals surface area contributed by atoms with Crippen LogP contribution in [-0.2, 0) is 13.5 Å². The Morgan fingerprint density at radius 1 is 1.25 bits per heavy atom. The smallest absolute Gasteiger partial charge is 0.148 e. The fourth-order valence-electron chi connectivity index (χ4n) is 1.33. The lowest BCUT2D eigenvalue weighted by atomic mass is 10.4. The Hall–Kier alpha value is -1.98. The van der Waals surface area contributed by atoms with E-state index in [0.717, 1.165) is 30.3 Å². The molecule has 0 unspecified atom stereocenters. The molecule has 6 nitrogen and oxygen atoms in total. The van der Waals surface area contributed by atoms with Crippen LogP contribution in [0.2, 0.25) is 0 Å². The first-order valence-corrected chi connectivity index (χ1v) is 5.13. The number of nitrogens with zero attached hydrogens (tertiary/aromatic N) is 5. The molecule has 0 aromatic carbocycles. The van der Waals surface area contributed by atoms with Crippen molar-refractivity contribution in [3.8, 4) is 0 Å². The maximum absolute atomic E-state index is 4.02. The first kappa shape index (κ1) is 10.5. The van der Waals surface area contributed by atoms with Gasteiger partial charge >= 0.3 is 0 Å². The largest absolute Gasteiger partial charge is 0.368 e. The van der Waals surface area contributed by atoms with Crippen LogP contribution >= 0.6 is 0 Å². The fourth-order valence-corrected chi connectivity index (χ4v) is 1.33. The van der Waals surface area contributed by atoms with Gasteiger partial charge in [-0.3, -0.25) is 0 Å². The second-order valence-electron chi connectivity index (χ2n) is 3.59. The topological polar surface area (TPSA) is 68.5 Å². The summed E-state index contributed by atoms with van der Waals surface area (Å²) < 4.78 is 1.91. The molecule has 0 amide bonds. The Morgan fingerprint density at radius 2 is 2.12 bits per heavy atom. The summed E-state index contributed by atoms with van der Waals surface area (Å²) in [5.41, 5.74) is 0.916. The van der Waals surface area contributed by atoms with Crippen molar-refractivity contribution in [3.63, 3.8) is 0 Å². The third-order valence-electron chi connectivity index (χ3n) is 2.26. The minimum absolute atomic E-state index is 0.768. The fraction of sp³-hybridized carbons (Fsp3) is 0.400. The molecule has 16 heavy (non-hydrogen) atoms. The predicted octanol–water partition coefficient (Wildman–Crippen LogP) is 0.568. The van der Waals surface area contributed by atoms with Crippen LogP contribution in [0.5, 0.6) is 0 Å². The number of hydrogen-bond acceptors (Lipinski definition) is 5. The van der Waals surface area contributed by atoms with Crippen LogP contribution < -0.4 is 5.32 Å². The van der Waals surface area contributed by atoms with Crippen molar-refractivity contribution in [2.24, 2.45) is 7.05 Å². The minimum atomic E-state index is 0.768. The first-order chi connectivity index (χ1) is 7.75. The molecule has 0 spiro atoms. The third kappa shape index (κ3) is 2.53. The van der Waals surface area contributed by atoms with E-state index in [4.69, 9.17) is 0 Å². The van der Waals surface area contributed by atoms with E-state index in [1.807, 2.05) is 30.7 Å². The highest BCUT2D eigenvalue weighted by Crippen LogP contribution is 2.01. The van der Waals surface area contributed by atoms with Crippen molar-refractivity contribution in [1.82, 2.24) is 25.0 Å². The molecule has 2 rings (SSSR count). The second kappa shape index (κ2) is 4.69. The Balaban J connectivity index is 1.84. The molecule has 0 saturated carbocycles. The monoisotopic (exact) mass is 218 g/mol. The summed E-state index contributed by atoms with van der Waals surface area (Å²) in [7, 11) is 1.93. The summed E-state index contributed by atoms with van der Waals surface area (Å²) in [6.07, 6.45) is 2.51. The molecule has 0 atom stereocenters. The zero-order valence-corrected chi connectivity index (χ0v) is 9.38. The van der Waals surface area contributed by atoms with Crippen molar-refractivity contribution in [2.75, 3.05) is 11.9 Å². The minimum Gasteiger partial charge on any atom is -0.368 e. The SMILES string of the molecule is Cc1ccc(NCCc2nncn2C)nn1. The molecular weight excluding hydrogens is 204 g/mol. The lowest BCUT2D eigenvalue weighted by Gasteiger charge is -2.04. The lowest BCUT2D eigenvalue weighted by molar-refractivity contribution is 0.786. The molecule has 0 radical (unpaired) electrons. The number of rotatable bonds is 4. The van der Waals surface area contributed by atoms with Gasteiger partial charge in [0.25, 0.3) is 0 Å². The number of aromatic nitrogens is 5. The van der Waals surface area contributed by atoms with Crippen LogP contribution in [0.4, 0.5) is 5.82 Å². The van der Waals surface area contributed by atoms with E-state index in [-0.39, 0.29) is 0 Å². The van der Waals surface area contributed by atoms with Crippen LogP contribution in [0.15, 0.2) is 18.5 Å². The quantitative estimate of drug-likeness (QED) is 0.812. The molecule has 1 N–H and O–H groups in total. The summed E-state index contributed by atoms with van der Waals surface area (Å²) in [5.74, 6) is 1.74. The van der Waals surface area contributed by atoms with E-state index in [1.165, 1.54) is 0 Å². The van der Waals surface area contributed by atoms with Gasteiger partial charge in [0, 0.05) is 20.0 Å². The molecule has 2 aromatic rings. The van der Waals surface area contributed by atoms with Crippen LogP contribution in [0.25, 0.3) is 0 Å². The normalized spacial score (nSPS) is 10.4. The van der Waals surface area contributed by atoms with Gasteiger partial charge in [0.15, 0.2) is 0 Å². The Morgan fingerprint density at radius 3 is 2.75 bits per heavy atom. The zero-order chi connectivity index (χ0) is 11.4. The van der Waals surface area contributed by atoms with E-state index < -0.39 is 0 Å². The van der Waals surface area contributed by atoms with Crippen LogP contribution in [-0.4, -0.2) is 31.5 Å². The molecule has 0 fully saturated rings. The summed E-state index contributed by atoms with van der Waals surface area (Å²) in [6, 6.07) is 3.84. The Labute approximate surface area is 93.7 Å². The maximum Gasteiger partial charge on any atom is 0.148 e. The molecular formula is C10H14N6. The summed E-state index contributed by atoms with van der Waals surface area (Å²) in [6.45, 7) is 2.68. The average Bonchev–Trinajstić information content (AvgIpc) is 2.68. The molecule has 2 heterocycles. The Bertz CT molecular complexity index is 447. The number of aryl methyl sites for hydroxylation is 2. The molecule has 84 valence electrons.